The van der Waals surface area contributed by atoms with Gasteiger partial charge in [-0.2, -0.15) is 0 Å². The molecule has 3 aliphatic rings. The zero-order chi connectivity index (χ0) is 14.7. The van der Waals surface area contributed by atoms with E-state index in [0.717, 1.165) is 32.2 Å². The first-order chi connectivity index (χ1) is 10.3. The average Bonchev–Trinajstić information content (AvgIpc) is 3.09. The van der Waals surface area contributed by atoms with Gasteiger partial charge in [0.25, 0.3) is 5.91 Å². The molecule has 0 N–H and O–H groups in total. The van der Waals surface area contributed by atoms with Gasteiger partial charge in [-0.1, -0.05) is 0 Å². The van der Waals surface area contributed by atoms with Crippen LogP contribution in [0.4, 0.5) is 0 Å². The van der Waals surface area contributed by atoms with Crippen LogP contribution >= 0.6 is 0 Å². The molecule has 3 aliphatic heterocycles. The number of carbonyl (C=O) groups is 2. The Morgan fingerprint density at radius 2 is 1.67 bits per heavy atom. The average molecular weight is 296 g/mol. The number of carbonyl (C=O) groups excluding carboxylic acids is 2. The predicted octanol–water partition coefficient (Wildman–Crippen LogP) is 0.263. The Bertz CT molecular complexity index is 389. The molecular weight excluding hydrogens is 272 g/mol. The molecule has 2 atom stereocenters. The number of hydrogen-bond acceptors (Lipinski definition) is 4. The van der Waals surface area contributed by atoms with Crippen LogP contribution in [0.2, 0.25) is 0 Å². The molecule has 6 nitrogen and oxygen atoms in total. The van der Waals surface area contributed by atoms with Crippen LogP contribution in [0.25, 0.3) is 0 Å². The van der Waals surface area contributed by atoms with Crippen molar-refractivity contribution in [1.82, 2.24) is 9.80 Å². The molecule has 0 aromatic carbocycles. The minimum absolute atomic E-state index is 0.0535. The third-order valence-electron chi connectivity index (χ3n) is 4.61. The monoisotopic (exact) mass is 296 g/mol. The zero-order valence-electron chi connectivity index (χ0n) is 12.5. The number of ether oxygens (including phenoxy) is 2. The first-order valence-corrected chi connectivity index (χ1v) is 8.02. The van der Waals surface area contributed by atoms with Crippen molar-refractivity contribution in [2.75, 3.05) is 46.0 Å². The van der Waals surface area contributed by atoms with Gasteiger partial charge in [0.15, 0.2) is 0 Å². The van der Waals surface area contributed by atoms with Crippen molar-refractivity contribution >= 4 is 11.8 Å². The lowest BCUT2D eigenvalue weighted by atomic mass is 9.95. The molecule has 6 heteroatoms. The van der Waals surface area contributed by atoms with E-state index >= 15 is 0 Å². The lowest BCUT2D eigenvalue weighted by Gasteiger charge is -2.36. The van der Waals surface area contributed by atoms with E-state index in [2.05, 4.69) is 0 Å². The molecule has 0 spiro atoms. The largest absolute Gasteiger partial charge is 0.378 e. The van der Waals surface area contributed by atoms with E-state index in [0.29, 0.717) is 39.5 Å². The Morgan fingerprint density at radius 1 is 0.857 bits per heavy atom. The molecule has 118 valence electrons. The van der Waals surface area contributed by atoms with Gasteiger partial charge in [0.1, 0.15) is 6.10 Å². The Kier molecular flexibility index (Phi) is 4.75. The van der Waals surface area contributed by atoms with Crippen LogP contribution in [0.5, 0.6) is 0 Å². The molecule has 0 aromatic rings. The summed E-state index contributed by atoms with van der Waals surface area (Å²) in [5.41, 5.74) is 0. The maximum absolute atomic E-state index is 12.5. The second kappa shape index (κ2) is 6.75. The summed E-state index contributed by atoms with van der Waals surface area (Å²) in [6, 6.07) is 0. The summed E-state index contributed by atoms with van der Waals surface area (Å²) in [7, 11) is 0. The highest BCUT2D eigenvalue weighted by Crippen LogP contribution is 2.22. The van der Waals surface area contributed by atoms with Crippen molar-refractivity contribution in [1.29, 1.82) is 0 Å². The van der Waals surface area contributed by atoms with Crippen molar-refractivity contribution in [3.05, 3.63) is 0 Å². The van der Waals surface area contributed by atoms with Crippen molar-refractivity contribution < 1.29 is 19.1 Å². The lowest BCUT2D eigenvalue weighted by Crippen LogP contribution is -2.51. The molecule has 0 aromatic heterocycles. The number of amides is 2. The highest BCUT2D eigenvalue weighted by Gasteiger charge is 2.35. The van der Waals surface area contributed by atoms with E-state index in [-0.39, 0.29) is 23.8 Å². The summed E-state index contributed by atoms with van der Waals surface area (Å²) in [5.74, 6) is 0.206. The summed E-state index contributed by atoms with van der Waals surface area (Å²) in [5, 5.41) is 0. The van der Waals surface area contributed by atoms with Gasteiger partial charge < -0.3 is 19.3 Å². The number of rotatable bonds is 2. The van der Waals surface area contributed by atoms with E-state index in [1.165, 1.54) is 0 Å². The van der Waals surface area contributed by atoms with Gasteiger partial charge in [0, 0.05) is 32.8 Å². The van der Waals surface area contributed by atoms with Crippen molar-refractivity contribution in [3.8, 4) is 0 Å². The fourth-order valence-electron chi connectivity index (χ4n) is 3.40. The summed E-state index contributed by atoms with van der Waals surface area (Å²) in [4.78, 5) is 28.7. The summed E-state index contributed by atoms with van der Waals surface area (Å²) in [6.45, 7) is 4.58. The molecule has 3 rings (SSSR count). The molecule has 2 unspecified atom stereocenters. The van der Waals surface area contributed by atoms with Gasteiger partial charge in [-0.3, -0.25) is 9.59 Å². The van der Waals surface area contributed by atoms with Crippen LogP contribution in [0.3, 0.4) is 0 Å². The van der Waals surface area contributed by atoms with E-state index < -0.39 is 0 Å². The van der Waals surface area contributed by atoms with Crippen LogP contribution in [-0.4, -0.2) is 73.7 Å². The van der Waals surface area contributed by atoms with Gasteiger partial charge in [0.05, 0.1) is 19.1 Å². The predicted molar refractivity (Wildman–Crippen MR) is 75.7 cm³/mol. The molecule has 0 saturated carbocycles. The number of morpholine rings is 1. The first-order valence-electron chi connectivity index (χ1n) is 8.02. The molecule has 0 radical (unpaired) electrons. The zero-order valence-corrected chi connectivity index (χ0v) is 12.5. The number of likely N-dealkylation sites (tertiary alicyclic amines) is 1. The Hall–Kier alpha value is -1.14. The van der Waals surface area contributed by atoms with Crippen molar-refractivity contribution in [2.24, 2.45) is 5.92 Å². The first kappa shape index (κ1) is 14.8. The molecule has 2 amide bonds. The van der Waals surface area contributed by atoms with Gasteiger partial charge >= 0.3 is 0 Å². The topological polar surface area (TPSA) is 59.1 Å². The Labute approximate surface area is 125 Å². The van der Waals surface area contributed by atoms with Gasteiger partial charge in [-0.05, 0) is 25.7 Å². The molecule has 21 heavy (non-hydrogen) atoms. The second-order valence-electron chi connectivity index (χ2n) is 6.06. The summed E-state index contributed by atoms with van der Waals surface area (Å²) in [6.07, 6.45) is 3.28. The minimum Gasteiger partial charge on any atom is -0.378 e. The van der Waals surface area contributed by atoms with Crippen LogP contribution in [0, 0.1) is 5.92 Å². The van der Waals surface area contributed by atoms with E-state index in [1.54, 1.807) is 0 Å². The van der Waals surface area contributed by atoms with E-state index in [9.17, 15) is 9.59 Å². The third-order valence-corrected chi connectivity index (χ3v) is 4.61. The number of piperidine rings is 1. The molecule has 0 aliphatic carbocycles. The fraction of sp³-hybridized carbons (Fsp3) is 0.867. The normalized spacial score (nSPS) is 30.5. The maximum Gasteiger partial charge on any atom is 0.251 e. The minimum atomic E-state index is -0.276. The number of hydrogen-bond donors (Lipinski definition) is 0. The highest BCUT2D eigenvalue weighted by atomic mass is 16.5. The third kappa shape index (κ3) is 3.37. The Balaban J connectivity index is 1.57. The lowest BCUT2D eigenvalue weighted by molar-refractivity contribution is -0.147. The van der Waals surface area contributed by atoms with Crippen molar-refractivity contribution in [3.63, 3.8) is 0 Å². The van der Waals surface area contributed by atoms with E-state index in [4.69, 9.17) is 9.47 Å². The van der Waals surface area contributed by atoms with Crippen LogP contribution < -0.4 is 0 Å². The molecule has 0 bridgehead atoms. The van der Waals surface area contributed by atoms with Crippen LogP contribution in [-0.2, 0) is 19.1 Å². The standard InChI is InChI=1S/C15H24N2O4/c18-14(16-6-9-20-10-7-16)12-3-1-5-17(11-12)15(19)13-4-2-8-21-13/h12-13H,1-11H2. The summed E-state index contributed by atoms with van der Waals surface area (Å²) >= 11 is 0. The fourth-order valence-corrected chi connectivity index (χ4v) is 3.40. The van der Waals surface area contributed by atoms with Crippen LogP contribution in [0.15, 0.2) is 0 Å². The van der Waals surface area contributed by atoms with Crippen LogP contribution in [0.1, 0.15) is 25.7 Å². The molecule has 3 saturated heterocycles. The quantitative estimate of drug-likeness (QED) is 0.733. The van der Waals surface area contributed by atoms with E-state index in [1.807, 2.05) is 9.80 Å². The maximum atomic E-state index is 12.5. The van der Waals surface area contributed by atoms with Crippen molar-refractivity contribution in [2.45, 2.75) is 31.8 Å². The molecule has 3 heterocycles. The number of nitrogens with zero attached hydrogens (tertiary/aromatic N) is 2. The van der Waals surface area contributed by atoms with Gasteiger partial charge in [-0.15, -0.1) is 0 Å². The summed E-state index contributed by atoms with van der Waals surface area (Å²) < 4.78 is 10.8. The highest BCUT2D eigenvalue weighted by molar-refractivity contribution is 5.83. The van der Waals surface area contributed by atoms with Gasteiger partial charge in [-0.25, -0.2) is 0 Å². The molecule has 3 fully saturated rings. The Morgan fingerprint density at radius 3 is 2.38 bits per heavy atom. The second-order valence-corrected chi connectivity index (χ2v) is 6.06. The molecular formula is C15H24N2O4. The smallest absolute Gasteiger partial charge is 0.251 e. The SMILES string of the molecule is O=C(C1CCCN(C(=O)C2CCCO2)C1)N1CCOCC1. The van der Waals surface area contributed by atoms with Gasteiger partial charge in [0.2, 0.25) is 5.91 Å².